The van der Waals surface area contributed by atoms with Crippen molar-refractivity contribution in [3.8, 4) is 11.6 Å². The van der Waals surface area contributed by atoms with Gasteiger partial charge in [-0.3, -0.25) is 4.90 Å². The fourth-order valence-electron chi connectivity index (χ4n) is 3.89. The van der Waals surface area contributed by atoms with Crippen LogP contribution in [0.1, 0.15) is 43.1 Å². The summed E-state index contributed by atoms with van der Waals surface area (Å²) in [5.41, 5.74) is 1.07. The third kappa shape index (κ3) is 3.47. The third-order valence-corrected chi connectivity index (χ3v) is 6.10. The van der Waals surface area contributed by atoms with E-state index in [4.69, 9.17) is 9.47 Å². The number of morpholine rings is 1. The number of fused-ring (bicyclic) bond motifs is 1. The molecule has 28 heavy (non-hydrogen) atoms. The Kier molecular flexibility index (Phi) is 5.27. The summed E-state index contributed by atoms with van der Waals surface area (Å²) in [6.07, 6.45) is 0.974. The van der Waals surface area contributed by atoms with Gasteiger partial charge >= 0.3 is 0 Å². The quantitative estimate of drug-likeness (QED) is 0.706. The highest BCUT2D eigenvalue weighted by Crippen LogP contribution is 2.41. The van der Waals surface area contributed by atoms with E-state index in [1.807, 2.05) is 25.1 Å². The molecule has 1 saturated heterocycles. The predicted octanol–water partition coefficient (Wildman–Crippen LogP) is 3.27. The van der Waals surface area contributed by atoms with Crippen molar-refractivity contribution >= 4 is 16.3 Å². The van der Waals surface area contributed by atoms with Crippen LogP contribution in [0.25, 0.3) is 4.96 Å². The van der Waals surface area contributed by atoms with Crippen LogP contribution < -0.4 is 4.74 Å². The maximum Gasteiger partial charge on any atom is 0.230 e. The largest absolute Gasteiger partial charge is 0.497 e. The van der Waals surface area contributed by atoms with Crippen molar-refractivity contribution in [1.82, 2.24) is 19.5 Å². The molecule has 1 aliphatic heterocycles. The number of methoxy groups -OCH3 is 1. The van der Waals surface area contributed by atoms with E-state index in [9.17, 15) is 5.11 Å². The van der Waals surface area contributed by atoms with Crippen LogP contribution in [0, 0.1) is 0 Å². The molecule has 0 aliphatic carbocycles. The van der Waals surface area contributed by atoms with Crippen molar-refractivity contribution in [2.45, 2.75) is 45.4 Å². The number of ether oxygens (including phenoxy) is 2. The number of thiazole rings is 1. The Morgan fingerprint density at radius 3 is 2.71 bits per heavy atom. The molecule has 0 saturated carbocycles. The zero-order valence-corrected chi connectivity index (χ0v) is 17.4. The van der Waals surface area contributed by atoms with Gasteiger partial charge in [-0.2, -0.15) is 4.52 Å². The molecule has 4 rings (SSSR count). The van der Waals surface area contributed by atoms with Crippen molar-refractivity contribution < 1.29 is 14.6 Å². The Bertz CT molecular complexity index is 960. The molecule has 3 aromatic rings. The van der Waals surface area contributed by atoms with Crippen LogP contribution >= 0.6 is 11.3 Å². The van der Waals surface area contributed by atoms with E-state index < -0.39 is 0 Å². The zero-order valence-electron chi connectivity index (χ0n) is 16.6. The van der Waals surface area contributed by atoms with Gasteiger partial charge in [0.15, 0.2) is 5.82 Å². The highest BCUT2D eigenvalue weighted by Gasteiger charge is 2.34. The lowest BCUT2D eigenvalue weighted by Crippen LogP contribution is -2.47. The fraction of sp³-hybridized carbons (Fsp3) is 0.500. The van der Waals surface area contributed by atoms with E-state index in [1.54, 1.807) is 11.6 Å². The minimum atomic E-state index is -0.123. The molecular weight excluding hydrogens is 376 g/mol. The minimum absolute atomic E-state index is 0.118. The molecule has 1 aromatic carbocycles. The molecule has 1 aliphatic rings. The average molecular weight is 403 g/mol. The molecule has 1 N–H and O–H groups in total. The molecule has 0 unspecified atom stereocenters. The van der Waals surface area contributed by atoms with Crippen molar-refractivity contribution in [2.75, 3.05) is 20.2 Å². The first-order valence-electron chi connectivity index (χ1n) is 9.60. The van der Waals surface area contributed by atoms with E-state index in [2.05, 4.69) is 34.9 Å². The van der Waals surface area contributed by atoms with Gasteiger partial charge in [0.1, 0.15) is 5.75 Å². The Morgan fingerprint density at radius 2 is 2.07 bits per heavy atom. The molecule has 2 aromatic heterocycles. The second-order valence-electron chi connectivity index (χ2n) is 7.26. The number of aromatic hydroxyl groups is 1. The maximum absolute atomic E-state index is 11.0. The molecular formula is C20H26N4O3S. The summed E-state index contributed by atoms with van der Waals surface area (Å²) >= 11 is 1.49. The predicted molar refractivity (Wildman–Crippen MR) is 108 cm³/mol. The van der Waals surface area contributed by atoms with E-state index in [0.717, 1.165) is 41.5 Å². The monoisotopic (exact) mass is 402 g/mol. The lowest BCUT2D eigenvalue weighted by Gasteiger charge is -2.40. The Hall–Kier alpha value is -2.16. The van der Waals surface area contributed by atoms with Crippen molar-refractivity contribution in [3.63, 3.8) is 0 Å². The smallest absolute Gasteiger partial charge is 0.230 e. The van der Waals surface area contributed by atoms with Crippen molar-refractivity contribution in [1.29, 1.82) is 0 Å². The molecule has 0 radical (unpaired) electrons. The minimum Gasteiger partial charge on any atom is -0.497 e. The lowest BCUT2D eigenvalue weighted by molar-refractivity contribution is -0.0764. The number of benzene rings is 1. The standard InChI is InChI=1S/C20H26N4O3S/c1-5-16-21-20-24(22-16)19(25)18(28-20)17(14-7-6-8-15(9-14)26-4)23-10-12(2)27-13(3)11-23/h6-9,12-13,17,25H,5,10-11H2,1-4H3/t12-,13-,17-/m0/s1. The molecule has 1 fully saturated rings. The Balaban J connectivity index is 1.82. The Morgan fingerprint density at radius 1 is 1.32 bits per heavy atom. The van der Waals surface area contributed by atoms with Crippen LogP contribution in [0.15, 0.2) is 24.3 Å². The highest BCUT2D eigenvalue weighted by atomic mass is 32.1. The van der Waals surface area contributed by atoms with Crippen LogP contribution in [0.2, 0.25) is 0 Å². The van der Waals surface area contributed by atoms with Gasteiger partial charge in [0.25, 0.3) is 0 Å². The lowest BCUT2D eigenvalue weighted by atomic mass is 10.0. The number of rotatable bonds is 5. The van der Waals surface area contributed by atoms with Crippen LogP contribution in [0.4, 0.5) is 0 Å². The van der Waals surface area contributed by atoms with Crippen LogP contribution in [-0.2, 0) is 11.2 Å². The summed E-state index contributed by atoms with van der Waals surface area (Å²) in [5, 5.41) is 15.4. The zero-order chi connectivity index (χ0) is 19.8. The van der Waals surface area contributed by atoms with Gasteiger partial charge in [-0.25, -0.2) is 4.98 Å². The van der Waals surface area contributed by atoms with E-state index in [1.165, 1.54) is 11.3 Å². The molecule has 0 amide bonds. The number of nitrogens with zero attached hydrogens (tertiary/aromatic N) is 4. The first kappa shape index (κ1) is 19.2. The van der Waals surface area contributed by atoms with Gasteiger partial charge in [0.2, 0.25) is 10.8 Å². The van der Waals surface area contributed by atoms with E-state index >= 15 is 0 Å². The molecule has 0 bridgehead atoms. The van der Waals surface area contributed by atoms with Crippen LogP contribution in [0.5, 0.6) is 11.6 Å². The van der Waals surface area contributed by atoms with Gasteiger partial charge in [-0.1, -0.05) is 30.4 Å². The fourth-order valence-corrected chi connectivity index (χ4v) is 5.02. The summed E-state index contributed by atoms with van der Waals surface area (Å²) in [4.78, 5) is 8.45. The topological polar surface area (TPSA) is 72.1 Å². The first-order chi connectivity index (χ1) is 13.5. The third-order valence-electron chi connectivity index (χ3n) is 5.03. The van der Waals surface area contributed by atoms with Crippen LogP contribution in [0.3, 0.4) is 0 Å². The molecule has 3 atom stereocenters. The van der Waals surface area contributed by atoms with Gasteiger partial charge in [0, 0.05) is 19.5 Å². The number of hydrogen-bond donors (Lipinski definition) is 1. The van der Waals surface area contributed by atoms with Gasteiger partial charge in [0.05, 0.1) is 30.2 Å². The second-order valence-corrected chi connectivity index (χ2v) is 8.27. The molecule has 3 heterocycles. The molecule has 150 valence electrons. The van der Waals surface area contributed by atoms with E-state index in [0.29, 0.717) is 4.96 Å². The van der Waals surface area contributed by atoms with E-state index in [-0.39, 0.29) is 24.1 Å². The van der Waals surface area contributed by atoms with Crippen LogP contribution in [-0.4, -0.2) is 57.0 Å². The van der Waals surface area contributed by atoms with Gasteiger partial charge < -0.3 is 14.6 Å². The maximum atomic E-state index is 11.0. The summed E-state index contributed by atoms with van der Waals surface area (Å²) in [7, 11) is 1.67. The number of hydrogen-bond acceptors (Lipinski definition) is 7. The molecule has 7 nitrogen and oxygen atoms in total. The summed E-state index contributed by atoms with van der Waals surface area (Å²) in [5.74, 6) is 1.69. The number of aryl methyl sites for hydroxylation is 1. The SMILES string of the molecule is CCc1nc2sc([C@H](c3cccc(OC)c3)N3C[C@H](C)O[C@@H](C)C3)c(O)n2n1. The summed E-state index contributed by atoms with van der Waals surface area (Å²) < 4.78 is 12.9. The summed E-state index contributed by atoms with van der Waals surface area (Å²) in [6, 6.07) is 7.90. The van der Waals surface area contributed by atoms with Gasteiger partial charge in [-0.05, 0) is 31.5 Å². The Labute approximate surface area is 168 Å². The normalized spacial score (nSPS) is 21.9. The molecule has 0 spiro atoms. The highest BCUT2D eigenvalue weighted by molar-refractivity contribution is 7.17. The van der Waals surface area contributed by atoms with Gasteiger partial charge in [-0.15, -0.1) is 5.10 Å². The van der Waals surface area contributed by atoms with Crippen molar-refractivity contribution in [3.05, 3.63) is 40.5 Å². The first-order valence-corrected chi connectivity index (χ1v) is 10.4. The number of aromatic nitrogens is 3. The average Bonchev–Trinajstić information content (AvgIpc) is 3.21. The summed E-state index contributed by atoms with van der Waals surface area (Å²) in [6.45, 7) is 7.73. The van der Waals surface area contributed by atoms with Crippen molar-refractivity contribution in [2.24, 2.45) is 0 Å². The molecule has 8 heteroatoms. The second kappa shape index (κ2) is 7.69.